The maximum Gasteiger partial charge on any atom is 0.264 e. The highest BCUT2D eigenvalue weighted by Crippen LogP contribution is 2.27. The van der Waals surface area contributed by atoms with Crippen molar-refractivity contribution in [1.29, 1.82) is 0 Å². The number of sulfonamides is 1. The van der Waals surface area contributed by atoms with Crippen LogP contribution in [0.3, 0.4) is 0 Å². The predicted molar refractivity (Wildman–Crippen MR) is 87.7 cm³/mol. The maximum atomic E-state index is 12.8. The largest absolute Gasteiger partial charge is 0.279 e. The van der Waals surface area contributed by atoms with E-state index in [2.05, 4.69) is 0 Å². The first kappa shape index (κ1) is 16.5. The number of carbonyl (C=O) groups excluding carboxylic acids is 1. The number of rotatable bonds is 5. The zero-order valence-electron chi connectivity index (χ0n) is 12.3. The maximum absolute atomic E-state index is 12.8. The molecule has 6 heteroatoms. The lowest BCUT2D eigenvalue weighted by Gasteiger charge is -2.24. The fraction of sp³-hybridized carbons (Fsp3) is 0.188. The van der Waals surface area contributed by atoms with Gasteiger partial charge in [0.1, 0.15) is 6.54 Å². The number of aryl methyl sites for hydroxylation is 2. The van der Waals surface area contributed by atoms with Gasteiger partial charge in [-0.2, -0.15) is 0 Å². The van der Waals surface area contributed by atoms with Crippen LogP contribution in [0.2, 0.25) is 0 Å². The van der Waals surface area contributed by atoms with Gasteiger partial charge >= 0.3 is 0 Å². The molecule has 2 aromatic carbocycles. The summed E-state index contributed by atoms with van der Waals surface area (Å²) in [6.07, 6.45) is 0. The van der Waals surface area contributed by atoms with Gasteiger partial charge in [-0.3, -0.25) is 9.10 Å². The van der Waals surface area contributed by atoms with Crippen LogP contribution in [0.5, 0.6) is 0 Å². The van der Waals surface area contributed by atoms with Gasteiger partial charge in [0.05, 0.1) is 10.6 Å². The topological polar surface area (TPSA) is 54.5 Å². The molecular weight excluding hydrogens is 322 g/mol. The van der Waals surface area contributed by atoms with Crippen molar-refractivity contribution in [2.24, 2.45) is 0 Å². The lowest BCUT2D eigenvalue weighted by molar-refractivity contribution is -0.110. The molecule has 0 spiro atoms. The van der Waals surface area contributed by atoms with Crippen molar-refractivity contribution in [3.63, 3.8) is 0 Å². The molecule has 0 heterocycles. The third-order valence-corrected chi connectivity index (χ3v) is 5.11. The Morgan fingerprint density at radius 2 is 1.73 bits per heavy atom. The molecule has 0 aliphatic carbocycles. The van der Waals surface area contributed by atoms with Crippen LogP contribution in [0, 0.1) is 13.8 Å². The van der Waals surface area contributed by atoms with Crippen LogP contribution in [0.1, 0.15) is 11.1 Å². The second kappa shape index (κ2) is 6.50. The fourth-order valence-electron chi connectivity index (χ4n) is 2.22. The van der Waals surface area contributed by atoms with E-state index in [1.54, 1.807) is 37.3 Å². The minimum atomic E-state index is -3.86. The SMILES string of the molecule is Cc1ccc(N(CC(=O)Cl)S(=O)(=O)c2ccccc2)c(C)c1. The van der Waals surface area contributed by atoms with Crippen molar-refractivity contribution >= 4 is 32.6 Å². The van der Waals surface area contributed by atoms with Gasteiger partial charge < -0.3 is 0 Å². The number of benzene rings is 2. The first-order valence-corrected chi connectivity index (χ1v) is 8.47. The third kappa shape index (κ3) is 3.48. The molecule has 0 aliphatic rings. The van der Waals surface area contributed by atoms with Crippen LogP contribution >= 0.6 is 11.6 Å². The Balaban J connectivity index is 2.58. The van der Waals surface area contributed by atoms with Gasteiger partial charge in [-0.05, 0) is 49.2 Å². The third-order valence-electron chi connectivity index (χ3n) is 3.22. The number of nitrogens with zero attached hydrogens (tertiary/aromatic N) is 1. The highest BCUT2D eigenvalue weighted by Gasteiger charge is 2.27. The first-order chi connectivity index (χ1) is 10.3. The summed E-state index contributed by atoms with van der Waals surface area (Å²) in [5.41, 5.74) is 2.22. The zero-order chi connectivity index (χ0) is 16.3. The van der Waals surface area contributed by atoms with E-state index in [1.165, 1.54) is 12.1 Å². The minimum absolute atomic E-state index is 0.118. The molecule has 22 heavy (non-hydrogen) atoms. The van der Waals surface area contributed by atoms with Gasteiger partial charge in [0.2, 0.25) is 5.24 Å². The van der Waals surface area contributed by atoms with Crippen LogP contribution in [-0.2, 0) is 14.8 Å². The van der Waals surface area contributed by atoms with E-state index in [0.29, 0.717) is 5.69 Å². The summed E-state index contributed by atoms with van der Waals surface area (Å²) in [7, 11) is -3.86. The Kier molecular flexibility index (Phi) is 4.88. The van der Waals surface area contributed by atoms with Crippen molar-refractivity contribution in [2.75, 3.05) is 10.8 Å². The van der Waals surface area contributed by atoms with Crippen LogP contribution in [-0.4, -0.2) is 20.2 Å². The van der Waals surface area contributed by atoms with Gasteiger partial charge in [-0.1, -0.05) is 35.9 Å². The molecule has 0 amide bonds. The van der Waals surface area contributed by atoms with E-state index in [4.69, 9.17) is 11.6 Å². The van der Waals surface area contributed by atoms with Crippen molar-refractivity contribution in [2.45, 2.75) is 18.7 Å². The summed E-state index contributed by atoms with van der Waals surface area (Å²) in [4.78, 5) is 11.5. The first-order valence-electron chi connectivity index (χ1n) is 6.66. The Hall–Kier alpha value is -1.85. The Labute approximate surface area is 135 Å². The molecule has 0 atom stereocenters. The zero-order valence-corrected chi connectivity index (χ0v) is 13.9. The molecule has 0 aromatic heterocycles. The highest BCUT2D eigenvalue weighted by molar-refractivity contribution is 7.92. The number of hydrogen-bond acceptors (Lipinski definition) is 3. The average Bonchev–Trinajstić information content (AvgIpc) is 2.46. The number of anilines is 1. The number of carbonyl (C=O) groups is 1. The van der Waals surface area contributed by atoms with E-state index in [1.807, 2.05) is 13.0 Å². The summed E-state index contributed by atoms with van der Waals surface area (Å²) in [5.74, 6) is 0. The molecule has 0 bridgehead atoms. The molecule has 0 saturated carbocycles. The Morgan fingerprint density at radius 1 is 1.09 bits per heavy atom. The molecule has 116 valence electrons. The van der Waals surface area contributed by atoms with Crippen LogP contribution in [0.25, 0.3) is 0 Å². The fourth-order valence-corrected chi connectivity index (χ4v) is 3.91. The normalized spacial score (nSPS) is 11.2. The summed E-state index contributed by atoms with van der Waals surface area (Å²) in [6, 6.07) is 13.3. The van der Waals surface area contributed by atoms with Crippen molar-refractivity contribution in [3.8, 4) is 0 Å². The summed E-state index contributed by atoms with van der Waals surface area (Å²) in [6.45, 7) is 3.30. The predicted octanol–water partition coefficient (Wildman–Crippen LogP) is 3.26. The minimum Gasteiger partial charge on any atom is -0.279 e. The van der Waals surface area contributed by atoms with Crippen LogP contribution < -0.4 is 4.31 Å². The van der Waals surface area contributed by atoms with E-state index >= 15 is 0 Å². The van der Waals surface area contributed by atoms with Gasteiger partial charge in [0, 0.05) is 0 Å². The smallest absolute Gasteiger partial charge is 0.264 e. The Morgan fingerprint density at radius 3 is 2.27 bits per heavy atom. The van der Waals surface area contributed by atoms with E-state index in [9.17, 15) is 13.2 Å². The number of hydrogen-bond donors (Lipinski definition) is 0. The highest BCUT2D eigenvalue weighted by atomic mass is 35.5. The van der Waals surface area contributed by atoms with Gasteiger partial charge in [0.15, 0.2) is 0 Å². The van der Waals surface area contributed by atoms with Crippen molar-refractivity contribution in [1.82, 2.24) is 0 Å². The molecule has 0 saturated heterocycles. The monoisotopic (exact) mass is 337 g/mol. The van der Waals surface area contributed by atoms with Crippen LogP contribution in [0.4, 0.5) is 5.69 Å². The molecule has 0 radical (unpaired) electrons. The molecule has 4 nitrogen and oxygen atoms in total. The summed E-state index contributed by atoms with van der Waals surface area (Å²) < 4.78 is 26.7. The van der Waals surface area contributed by atoms with Gasteiger partial charge in [0.25, 0.3) is 10.0 Å². The second-order valence-electron chi connectivity index (χ2n) is 4.97. The van der Waals surface area contributed by atoms with E-state index < -0.39 is 21.8 Å². The molecule has 0 unspecified atom stereocenters. The quantitative estimate of drug-likeness (QED) is 0.787. The van der Waals surface area contributed by atoms with E-state index in [-0.39, 0.29) is 4.90 Å². The average molecular weight is 338 g/mol. The lowest BCUT2D eigenvalue weighted by Crippen LogP contribution is -2.35. The summed E-state index contributed by atoms with van der Waals surface area (Å²) in [5, 5.41) is -0.737. The summed E-state index contributed by atoms with van der Waals surface area (Å²) >= 11 is 5.45. The van der Waals surface area contributed by atoms with Gasteiger partial charge in [-0.25, -0.2) is 8.42 Å². The molecule has 2 rings (SSSR count). The second-order valence-corrected chi connectivity index (χ2v) is 7.25. The Bertz CT molecular complexity index is 788. The molecule has 2 aromatic rings. The standard InChI is InChI=1S/C16H16ClNO3S/c1-12-8-9-15(13(2)10-12)18(11-16(17)19)22(20,21)14-6-4-3-5-7-14/h3-10H,11H2,1-2H3. The molecular formula is C16H16ClNO3S. The van der Waals surface area contributed by atoms with Crippen molar-refractivity contribution in [3.05, 3.63) is 59.7 Å². The number of halogens is 1. The van der Waals surface area contributed by atoms with Crippen molar-refractivity contribution < 1.29 is 13.2 Å². The molecule has 0 fully saturated rings. The molecule has 0 N–H and O–H groups in total. The van der Waals surface area contributed by atoms with E-state index in [0.717, 1.165) is 15.4 Å². The van der Waals surface area contributed by atoms with Gasteiger partial charge in [-0.15, -0.1) is 0 Å². The lowest BCUT2D eigenvalue weighted by atomic mass is 10.1. The molecule has 0 aliphatic heterocycles. The van der Waals surface area contributed by atoms with Crippen LogP contribution in [0.15, 0.2) is 53.4 Å².